The molecule has 4 aromatic carbocycles. The van der Waals surface area contributed by atoms with E-state index in [1.165, 1.54) is 30.5 Å². The maximum Gasteiger partial charge on any atom is 0.255 e. The summed E-state index contributed by atoms with van der Waals surface area (Å²) in [5.74, 6) is 0.137. The molecular formula is C30H28ClN3O4S. The molecule has 39 heavy (non-hydrogen) atoms. The van der Waals surface area contributed by atoms with Gasteiger partial charge in [0.2, 0.25) is 10.0 Å². The number of ether oxygens (including phenoxy) is 1. The van der Waals surface area contributed by atoms with Crippen molar-refractivity contribution in [3.8, 4) is 5.75 Å². The number of amides is 1. The van der Waals surface area contributed by atoms with Crippen LogP contribution in [0.2, 0.25) is 5.02 Å². The molecule has 0 saturated heterocycles. The van der Waals surface area contributed by atoms with Crippen molar-refractivity contribution in [1.29, 1.82) is 0 Å². The van der Waals surface area contributed by atoms with Crippen molar-refractivity contribution in [2.75, 3.05) is 6.54 Å². The van der Waals surface area contributed by atoms with E-state index in [0.717, 1.165) is 26.6 Å². The standard InChI is InChI=1S/C30H28ClN3O4S/c1-23-7-9-25(10-8-23)20-34(39(36,37)29-17-13-27(31)14-18-29)21-30(35)33-32-19-24-11-15-28(16-12-24)38-22-26-5-3-2-4-6-26/h2-19H,20-22H2,1H3,(H,33,35)/b32-19-. The minimum Gasteiger partial charge on any atom is -0.489 e. The van der Waals surface area contributed by atoms with Crippen molar-refractivity contribution < 1.29 is 17.9 Å². The van der Waals surface area contributed by atoms with Gasteiger partial charge in [0.15, 0.2) is 0 Å². The summed E-state index contributed by atoms with van der Waals surface area (Å²) in [6.07, 6.45) is 1.48. The molecular weight excluding hydrogens is 534 g/mol. The van der Waals surface area contributed by atoms with Gasteiger partial charge < -0.3 is 4.74 Å². The molecule has 0 atom stereocenters. The van der Waals surface area contributed by atoms with Crippen molar-refractivity contribution in [2.24, 2.45) is 5.10 Å². The first kappa shape index (κ1) is 28.0. The van der Waals surface area contributed by atoms with Crippen LogP contribution in [0.4, 0.5) is 0 Å². The van der Waals surface area contributed by atoms with Gasteiger partial charge in [-0.2, -0.15) is 9.41 Å². The van der Waals surface area contributed by atoms with Gasteiger partial charge in [0, 0.05) is 11.6 Å². The van der Waals surface area contributed by atoms with Crippen LogP contribution in [0.5, 0.6) is 5.75 Å². The Morgan fingerprint density at radius 3 is 2.23 bits per heavy atom. The first-order chi connectivity index (χ1) is 18.8. The number of halogens is 1. The SMILES string of the molecule is Cc1ccc(CN(CC(=O)N/N=C\c2ccc(OCc3ccccc3)cc2)S(=O)(=O)c2ccc(Cl)cc2)cc1. The summed E-state index contributed by atoms with van der Waals surface area (Å²) in [6, 6.07) is 30.4. The Morgan fingerprint density at radius 1 is 0.897 bits per heavy atom. The number of benzene rings is 4. The van der Waals surface area contributed by atoms with Crippen molar-refractivity contribution in [1.82, 2.24) is 9.73 Å². The molecule has 7 nitrogen and oxygen atoms in total. The second kappa shape index (κ2) is 13.2. The second-order valence-corrected chi connectivity index (χ2v) is 11.2. The highest BCUT2D eigenvalue weighted by molar-refractivity contribution is 7.89. The van der Waals surface area contributed by atoms with Crippen molar-refractivity contribution >= 4 is 33.7 Å². The van der Waals surface area contributed by atoms with E-state index in [4.69, 9.17) is 16.3 Å². The second-order valence-electron chi connectivity index (χ2n) is 8.85. The molecule has 0 fully saturated rings. The first-order valence-corrected chi connectivity index (χ1v) is 14.0. The molecule has 0 heterocycles. The van der Waals surface area contributed by atoms with Gasteiger partial charge in [0.05, 0.1) is 17.7 Å². The predicted octanol–water partition coefficient (Wildman–Crippen LogP) is 5.57. The minimum atomic E-state index is -3.98. The highest BCUT2D eigenvalue weighted by Crippen LogP contribution is 2.21. The topological polar surface area (TPSA) is 88.1 Å². The lowest BCUT2D eigenvalue weighted by molar-refractivity contribution is -0.121. The zero-order valence-corrected chi connectivity index (χ0v) is 22.9. The summed E-state index contributed by atoms with van der Waals surface area (Å²) in [4.78, 5) is 12.8. The highest BCUT2D eigenvalue weighted by atomic mass is 35.5. The van der Waals surface area contributed by atoms with E-state index in [9.17, 15) is 13.2 Å². The Labute approximate surface area is 233 Å². The molecule has 9 heteroatoms. The molecule has 0 aromatic heterocycles. The Bertz CT molecular complexity index is 1510. The van der Waals surface area contributed by atoms with Gasteiger partial charge in [-0.3, -0.25) is 4.79 Å². The van der Waals surface area contributed by atoms with E-state index in [-0.39, 0.29) is 11.4 Å². The van der Waals surface area contributed by atoms with Crippen LogP contribution in [0.25, 0.3) is 0 Å². The van der Waals surface area contributed by atoms with Gasteiger partial charge in [0.25, 0.3) is 5.91 Å². The predicted molar refractivity (Wildman–Crippen MR) is 153 cm³/mol. The van der Waals surface area contributed by atoms with Crippen LogP contribution in [0.1, 0.15) is 22.3 Å². The van der Waals surface area contributed by atoms with Gasteiger partial charge in [-0.15, -0.1) is 0 Å². The Kier molecular flexibility index (Phi) is 9.49. The Balaban J connectivity index is 1.39. The molecule has 1 amide bonds. The van der Waals surface area contributed by atoms with E-state index in [1.807, 2.05) is 85.8 Å². The van der Waals surface area contributed by atoms with Crippen LogP contribution < -0.4 is 10.2 Å². The Hall–Kier alpha value is -3.98. The molecule has 0 radical (unpaired) electrons. The molecule has 200 valence electrons. The van der Waals surface area contributed by atoms with Crippen molar-refractivity contribution in [3.63, 3.8) is 0 Å². The number of hydrogen-bond donors (Lipinski definition) is 1. The largest absolute Gasteiger partial charge is 0.489 e. The number of hydrazone groups is 1. The lowest BCUT2D eigenvalue weighted by Gasteiger charge is -2.21. The summed E-state index contributed by atoms with van der Waals surface area (Å²) < 4.78 is 33.6. The van der Waals surface area contributed by atoms with Crippen LogP contribution in [0, 0.1) is 6.92 Å². The maximum atomic E-state index is 13.4. The average molecular weight is 562 g/mol. The van der Waals surface area contributed by atoms with Gasteiger partial charge >= 0.3 is 0 Å². The van der Waals surface area contributed by atoms with E-state index in [0.29, 0.717) is 17.4 Å². The van der Waals surface area contributed by atoms with Gasteiger partial charge in [0.1, 0.15) is 12.4 Å². The molecule has 1 N–H and O–H groups in total. The molecule has 0 saturated carbocycles. The third kappa shape index (κ3) is 8.25. The number of carbonyl (C=O) groups is 1. The number of sulfonamides is 1. The summed E-state index contributed by atoms with van der Waals surface area (Å²) in [5.41, 5.74) is 6.04. The van der Waals surface area contributed by atoms with Crippen LogP contribution in [-0.2, 0) is 28.0 Å². The number of rotatable bonds is 11. The first-order valence-electron chi connectivity index (χ1n) is 12.2. The molecule has 4 aromatic rings. The zero-order valence-electron chi connectivity index (χ0n) is 21.3. The molecule has 0 spiro atoms. The summed E-state index contributed by atoms with van der Waals surface area (Å²) >= 11 is 5.93. The lowest BCUT2D eigenvalue weighted by atomic mass is 10.1. The van der Waals surface area contributed by atoms with Gasteiger partial charge in [-0.05, 0) is 72.1 Å². The summed E-state index contributed by atoms with van der Waals surface area (Å²) in [5, 5.41) is 4.42. The third-order valence-electron chi connectivity index (χ3n) is 5.78. The van der Waals surface area contributed by atoms with E-state index < -0.39 is 22.5 Å². The minimum absolute atomic E-state index is 0.0207. The summed E-state index contributed by atoms with van der Waals surface area (Å²) in [6.45, 7) is 2.01. The number of nitrogens with one attached hydrogen (secondary N) is 1. The van der Waals surface area contributed by atoms with Crippen LogP contribution in [0.15, 0.2) is 113 Å². The van der Waals surface area contributed by atoms with E-state index >= 15 is 0 Å². The fraction of sp³-hybridized carbons (Fsp3) is 0.133. The average Bonchev–Trinajstić information content (AvgIpc) is 2.94. The third-order valence-corrected chi connectivity index (χ3v) is 7.84. The molecule has 0 unspecified atom stereocenters. The number of aryl methyl sites for hydroxylation is 1. The molecule has 0 aliphatic heterocycles. The summed E-state index contributed by atoms with van der Waals surface area (Å²) in [7, 11) is -3.98. The smallest absolute Gasteiger partial charge is 0.255 e. The molecule has 0 aliphatic carbocycles. The molecule has 0 bridgehead atoms. The van der Waals surface area contributed by atoms with Crippen LogP contribution >= 0.6 is 11.6 Å². The maximum absolute atomic E-state index is 13.4. The quantitative estimate of drug-likeness (QED) is 0.192. The van der Waals surface area contributed by atoms with Gasteiger partial charge in [-0.25, -0.2) is 13.8 Å². The monoisotopic (exact) mass is 561 g/mol. The normalized spacial score (nSPS) is 11.6. The van der Waals surface area contributed by atoms with Crippen LogP contribution in [-0.4, -0.2) is 31.4 Å². The van der Waals surface area contributed by atoms with Crippen molar-refractivity contribution in [3.05, 3.63) is 130 Å². The lowest BCUT2D eigenvalue weighted by Crippen LogP contribution is -2.39. The van der Waals surface area contributed by atoms with Crippen LogP contribution in [0.3, 0.4) is 0 Å². The van der Waals surface area contributed by atoms with E-state index in [1.54, 1.807) is 0 Å². The van der Waals surface area contributed by atoms with E-state index in [2.05, 4.69) is 10.5 Å². The zero-order chi connectivity index (χ0) is 27.7. The number of nitrogens with zero attached hydrogens (tertiary/aromatic N) is 2. The molecule has 0 aliphatic rings. The fourth-order valence-electron chi connectivity index (χ4n) is 3.64. The fourth-order valence-corrected chi connectivity index (χ4v) is 5.15. The number of carbonyl (C=O) groups excluding carboxylic acids is 1. The molecule has 4 rings (SSSR count). The highest BCUT2D eigenvalue weighted by Gasteiger charge is 2.27. The van der Waals surface area contributed by atoms with Crippen molar-refractivity contribution in [2.45, 2.75) is 25.0 Å². The van der Waals surface area contributed by atoms with Gasteiger partial charge in [-0.1, -0.05) is 71.8 Å². The Morgan fingerprint density at radius 2 is 1.56 bits per heavy atom. The number of hydrogen-bond acceptors (Lipinski definition) is 5.